The fourth-order valence-electron chi connectivity index (χ4n) is 2.70. The van der Waals surface area contributed by atoms with Crippen LogP contribution in [0.1, 0.15) is 26.3 Å². The second-order valence-corrected chi connectivity index (χ2v) is 6.73. The SMILES string of the molecule is COc1ccc(/C=N\NC(=O)c2ccc(NC(=O)c3ccccc3Cl)cc2)c(OC)c1. The van der Waals surface area contributed by atoms with Gasteiger partial charge in [-0.1, -0.05) is 23.7 Å². The molecular formula is C23H20ClN3O4. The summed E-state index contributed by atoms with van der Waals surface area (Å²) in [6.07, 6.45) is 1.48. The maximum Gasteiger partial charge on any atom is 0.271 e. The molecule has 0 radical (unpaired) electrons. The van der Waals surface area contributed by atoms with Gasteiger partial charge in [0.15, 0.2) is 0 Å². The number of halogens is 1. The zero-order valence-corrected chi connectivity index (χ0v) is 17.6. The van der Waals surface area contributed by atoms with Crippen molar-refractivity contribution in [2.45, 2.75) is 0 Å². The minimum Gasteiger partial charge on any atom is -0.497 e. The molecule has 0 saturated carbocycles. The third-order valence-corrected chi connectivity index (χ3v) is 4.66. The number of methoxy groups -OCH3 is 2. The number of hydrazone groups is 1. The predicted octanol–water partition coefficient (Wildman–Crippen LogP) is 4.37. The van der Waals surface area contributed by atoms with Crippen LogP contribution in [0.25, 0.3) is 0 Å². The average Bonchev–Trinajstić information content (AvgIpc) is 2.79. The third-order valence-electron chi connectivity index (χ3n) is 4.33. The molecule has 8 heteroatoms. The lowest BCUT2D eigenvalue weighted by atomic mass is 10.1. The molecule has 3 aromatic carbocycles. The van der Waals surface area contributed by atoms with Gasteiger partial charge in [0.2, 0.25) is 0 Å². The quantitative estimate of drug-likeness (QED) is 0.424. The summed E-state index contributed by atoms with van der Waals surface area (Å²) in [5, 5.41) is 7.08. The molecule has 7 nitrogen and oxygen atoms in total. The first kappa shape index (κ1) is 21.9. The second-order valence-electron chi connectivity index (χ2n) is 6.32. The molecule has 0 spiro atoms. The molecular weight excluding hydrogens is 418 g/mol. The molecule has 0 atom stereocenters. The Labute approximate surface area is 184 Å². The first-order valence-corrected chi connectivity index (χ1v) is 9.61. The van der Waals surface area contributed by atoms with Crippen LogP contribution in [0.15, 0.2) is 71.8 Å². The number of rotatable bonds is 7. The number of carbonyl (C=O) groups is 2. The molecule has 0 heterocycles. The Hall–Kier alpha value is -3.84. The van der Waals surface area contributed by atoms with Crippen molar-refractivity contribution in [1.82, 2.24) is 5.43 Å². The third kappa shape index (κ3) is 5.61. The highest BCUT2D eigenvalue weighted by atomic mass is 35.5. The Morgan fingerprint density at radius 1 is 0.935 bits per heavy atom. The molecule has 0 saturated heterocycles. The summed E-state index contributed by atoms with van der Waals surface area (Å²) in [5.74, 6) is 0.490. The Bertz CT molecular complexity index is 1110. The van der Waals surface area contributed by atoms with Gasteiger partial charge in [-0.3, -0.25) is 9.59 Å². The van der Waals surface area contributed by atoms with E-state index >= 15 is 0 Å². The molecule has 0 fully saturated rings. The van der Waals surface area contributed by atoms with E-state index in [-0.39, 0.29) is 5.91 Å². The summed E-state index contributed by atoms with van der Waals surface area (Å²) in [4.78, 5) is 24.6. The highest BCUT2D eigenvalue weighted by Crippen LogP contribution is 2.23. The Morgan fingerprint density at radius 2 is 1.68 bits per heavy atom. The van der Waals surface area contributed by atoms with Crippen LogP contribution >= 0.6 is 11.6 Å². The average molecular weight is 438 g/mol. The molecule has 3 rings (SSSR count). The fraction of sp³-hybridized carbons (Fsp3) is 0.0870. The van der Waals surface area contributed by atoms with E-state index in [4.69, 9.17) is 21.1 Å². The largest absolute Gasteiger partial charge is 0.497 e. The molecule has 2 N–H and O–H groups in total. The molecule has 158 valence electrons. The van der Waals surface area contributed by atoms with Crippen LogP contribution in [0.3, 0.4) is 0 Å². The highest BCUT2D eigenvalue weighted by molar-refractivity contribution is 6.34. The molecule has 0 unspecified atom stereocenters. The first-order chi connectivity index (χ1) is 15.0. The number of hydrogen-bond donors (Lipinski definition) is 2. The van der Waals surface area contributed by atoms with Gasteiger partial charge in [0.05, 0.1) is 31.0 Å². The van der Waals surface area contributed by atoms with Crippen molar-refractivity contribution in [3.63, 3.8) is 0 Å². The molecule has 0 aliphatic heterocycles. The van der Waals surface area contributed by atoms with Gasteiger partial charge in [0.25, 0.3) is 11.8 Å². The van der Waals surface area contributed by atoms with E-state index in [1.54, 1.807) is 73.8 Å². The van der Waals surface area contributed by atoms with Crippen molar-refractivity contribution >= 4 is 35.3 Å². The Kier molecular flexibility index (Phi) is 7.24. The van der Waals surface area contributed by atoms with Crippen LogP contribution in [0.4, 0.5) is 5.69 Å². The van der Waals surface area contributed by atoms with Crippen molar-refractivity contribution in [1.29, 1.82) is 0 Å². The van der Waals surface area contributed by atoms with Gasteiger partial charge in [-0.25, -0.2) is 5.43 Å². The van der Waals surface area contributed by atoms with E-state index in [0.29, 0.717) is 38.9 Å². The predicted molar refractivity (Wildman–Crippen MR) is 120 cm³/mol. The van der Waals surface area contributed by atoms with E-state index in [1.165, 1.54) is 13.3 Å². The smallest absolute Gasteiger partial charge is 0.271 e. The van der Waals surface area contributed by atoms with E-state index in [0.717, 1.165) is 0 Å². The number of nitrogens with zero attached hydrogens (tertiary/aromatic N) is 1. The van der Waals surface area contributed by atoms with E-state index in [2.05, 4.69) is 15.8 Å². The lowest BCUT2D eigenvalue weighted by Crippen LogP contribution is -2.18. The van der Waals surface area contributed by atoms with Crippen molar-refractivity contribution in [3.05, 3.63) is 88.4 Å². The van der Waals surface area contributed by atoms with Gasteiger partial charge in [0.1, 0.15) is 11.5 Å². The minimum absolute atomic E-state index is 0.333. The number of benzene rings is 3. The van der Waals surface area contributed by atoms with E-state index < -0.39 is 5.91 Å². The molecule has 0 aliphatic carbocycles. The van der Waals surface area contributed by atoms with Crippen molar-refractivity contribution < 1.29 is 19.1 Å². The second kappa shape index (κ2) is 10.3. The molecule has 31 heavy (non-hydrogen) atoms. The molecule has 3 aromatic rings. The number of nitrogens with one attached hydrogen (secondary N) is 2. The molecule has 0 aromatic heterocycles. The van der Waals surface area contributed by atoms with Crippen LogP contribution in [-0.2, 0) is 0 Å². The lowest BCUT2D eigenvalue weighted by Gasteiger charge is -2.08. The Morgan fingerprint density at radius 3 is 2.35 bits per heavy atom. The van der Waals surface area contributed by atoms with Crippen LogP contribution in [0, 0.1) is 0 Å². The van der Waals surface area contributed by atoms with Gasteiger partial charge in [-0.05, 0) is 48.5 Å². The topological polar surface area (TPSA) is 89.0 Å². The summed E-state index contributed by atoms with van der Waals surface area (Å²) >= 11 is 6.04. The zero-order chi connectivity index (χ0) is 22.2. The fourth-order valence-corrected chi connectivity index (χ4v) is 2.92. The normalized spacial score (nSPS) is 10.5. The molecule has 0 aliphatic rings. The van der Waals surface area contributed by atoms with E-state index in [9.17, 15) is 9.59 Å². The number of anilines is 1. The summed E-state index contributed by atoms with van der Waals surface area (Å²) in [5.41, 5.74) is 4.43. The van der Waals surface area contributed by atoms with Crippen LogP contribution in [-0.4, -0.2) is 32.2 Å². The van der Waals surface area contributed by atoms with Crippen LogP contribution in [0.2, 0.25) is 5.02 Å². The van der Waals surface area contributed by atoms with Crippen molar-refractivity contribution in [2.75, 3.05) is 19.5 Å². The minimum atomic E-state index is -0.396. The van der Waals surface area contributed by atoms with Crippen molar-refractivity contribution in [3.8, 4) is 11.5 Å². The highest BCUT2D eigenvalue weighted by Gasteiger charge is 2.11. The zero-order valence-electron chi connectivity index (χ0n) is 16.9. The monoisotopic (exact) mass is 437 g/mol. The van der Waals surface area contributed by atoms with Gasteiger partial charge in [-0.2, -0.15) is 5.10 Å². The maximum absolute atomic E-state index is 12.3. The summed E-state index contributed by atoms with van der Waals surface area (Å²) in [7, 11) is 3.10. The van der Waals surface area contributed by atoms with Gasteiger partial charge >= 0.3 is 0 Å². The van der Waals surface area contributed by atoms with Crippen LogP contribution < -0.4 is 20.2 Å². The van der Waals surface area contributed by atoms with Gasteiger partial charge < -0.3 is 14.8 Å². The standard InChI is InChI=1S/C23H20ClN3O4/c1-30-18-12-9-16(21(13-18)31-2)14-25-27-22(28)15-7-10-17(11-8-15)26-23(29)19-5-3-4-6-20(19)24/h3-14H,1-2H3,(H,26,29)(H,27,28)/b25-14-. The van der Waals surface area contributed by atoms with Gasteiger partial charge in [0, 0.05) is 22.9 Å². The van der Waals surface area contributed by atoms with Gasteiger partial charge in [-0.15, -0.1) is 0 Å². The number of hydrogen-bond acceptors (Lipinski definition) is 5. The summed E-state index contributed by atoms with van der Waals surface area (Å²) < 4.78 is 10.4. The number of amides is 2. The molecule has 0 bridgehead atoms. The number of ether oxygens (including phenoxy) is 2. The van der Waals surface area contributed by atoms with E-state index in [1.807, 2.05) is 0 Å². The summed E-state index contributed by atoms with van der Waals surface area (Å²) in [6.45, 7) is 0. The lowest BCUT2D eigenvalue weighted by molar-refractivity contribution is 0.0954. The van der Waals surface area contributed by atoms with Crippen LogP contribution in [0.5, 0.6) is 11.5 Å². The molecule has 2 amide bonds. The first-order valence-electron chi connectivity index (χ1n) is 9.23. The summed E-state index contributed by atoms with van der Waals surface area (Å²) in [6, 6.07) is 18.4. The maximum atomic E-state index is 12.3. The van der Waals surface area contributed by atoms with Crippen molar-refractivity contribution in [2.24, 2.45) is 5.10 Å². The Balaban J connectivity index is 1.61. The number of carbonyl (C=O) groups excluding carboxylic acids is 2.